The van der Waals surface area contributed by atoms with E-state index in [0.717, 1.165) is 18.4 Å². The van der Waals surface area contributed by atoms with E-state index in [1.807, 2.05) is 35.1 Å². The molecule has 7 rings (SSSR count). The molecule has 14 heteroatoms. The Labute approximate surface area is 264 Å². The van der Waals surface area contributed by atoms with E-state index in [0.29, 0.717) is 67.9 Å². The Morgan fingerprint density at radius 2 is 1.80 bits per heavy atom. The summed E-state index contributed by atoms with van der Waals surface area (Å²) in [4.78, 5) is 35.7. The van der Waals surface area contributed by atoms with E-state index in [1.165, 1.54) is 6.20 Å². The fourth-order valence-electron chi connectivity index (χ4n) is 5.98. The molecule has 1 saturated carbocycles. The highest BCUT2D eigenvalue weighted by atomic mass is 16.7. The zero-order chi connectivity index (χ0) is 31.7. The number of hydrogen-bond acceptors (Lipinski definition) is 11. The third kappa shape index (κ3) is 5.62. The van der Waals surface area contributed by atoms with Crippen molar-refractivity contribution in [2.45, 2.75) is 24.7 Å². The zero-order valence-corrected chi connectivity index (χ0v) is 25.3. The number of primary amides is 1. The van der Waals surface area contributed by atoms with Gasteiger partial charge in [-0.25, -0.2) is 4.98 Å². The molecule has 238 valence electrons. The Kier molecular flexibility index (Phi) is 7.98. The average Bonchev–Trinajstić information content (AvgIpc) is 3.77. The summed E-state index contributed by atoms with van der Waals surface area (Å²) in [6.45, 7) is 3.38. The summed E-state index contributed by atoms with van der Waals surface area (Å²) in [5.41, 5.74) is 9.01. The van der Waals surface area contributed by atoms with E-state index in [9.17, 15) is 9.59 Å². The van der Waals surface area contributed by atoms with Gasteiger partial charge in [0.1, 0.15) is 17.4 Å². The lowest BCUT2D eigenvalue weighted by atomic mass is 9.85. The molecule has 3 fully saturated rings. The van der Waals surface area contributed by atoms with Gasteiger partial charge in [0.05, 0.1) is 44.9 Å². The van der Waals surface area contributed by atoms with Crippen molar-refractivity contribution in [2.24, 2.45) is 5.73 Å². The molecule has 14 nitrogen and oxygen atoms in total. The average molecular weight is 627 g/mol. The zero-order valence-electron chi connectivity index (χ0n) is 25.3. The van der Waals surface area contributed by atoms with Crippen LogP contribution in [0.25, 0.3) is 11.3 Å². The lowest BCUT2D eigenvalue weighted by Crippen LogP contribution is -2.49. The number of nitrogens with one attached hydrogen (secondary N) is 2. The molecule has 0 bridgehead atoms. The lowest BCUT2D eigenvalue weighted by molar-refractivity contribution is -0.242. The summed E-state index contributed by atoms with van der Waals surface area (Å²) >= 11 is 0. The van der Waals surface area contributed by atoms with Gasteiger partial charge in [-0.1, -0.05) is 6.07 Å². The Morgan fingerprint density at radius 3 is 2.50 bits per heavy atom. The molecule has 1 aliphatic carbocycles. The number of morpholine rings is 1. The number of rotatable bonds is 9. The topological polar surface area (TPSA) is 168 Å². The summed E-state index contributed by atoms with van der Waals surface area (Å²) < 4.78 is 24.9. The van der Waals surface area contributed by atoms with Crippen molar-refractivity contribution in [2.75, 3.05) is 57.3 Å². The molecule has 4 aromatic rings. The third-order valence-electron chi connectivity index (χ3n) is 8.47. The quantitative estimate of drug-likeness (QED) is 0.249. The van der Waals surface area contributed by atoms with Crippen LogP contribution in [0.5, 0.6) is 5.75 Å². The van der Waals surface area contributed by atoms with Gasteiger partial charge in [0.25, 0.3) is 11.8 Å². The van der Waals surface area contributed by atoms with Crippen LogP contribution >= 0.6 is 0 Å². The number of anilines is 4. The molecule has 0 radical (unpaired) electrons. The second-order valence-electron chi connectivity index (χ2n) is 11.2. The van der Waals surface area contributed by atoms with Gasteiger partial charge in [0, 0.05) is 48.7 Å². The molecule has 46 heavy (non-hydrogen) atoms. The van der Waals surface area contributed by atoms with Crippen LogP contribution in [-0.4, -0.2) is 88.9 Å². The number of para-hydroxylation sites is 1. The van der Waals surface area contributed by atoms with Crippen LogP contribution in [0.3, 0.4) is 0 Å². The van der Waals surface area contributed by atoms with Crippen molar-refractivity contribution in [1.29, 1.82) is 0 Å². The molecule has 2 aromatic carbocycles. The first-order valence-electron chi connectivity index (χ1n) is 15.1. The van der Waals surface area contributed by atoms with Crippen LogP contribution in [0.4, 0.5) is 23.1 Å². The van der Waals surface area contributed by atoms with E-state index >= 15 is 0 Å². The van der Waals surface area contributed by atoms with Gasteiger partial charge >= 0.3 is 0 Å². The predicted octanol–water partition coefficient (Wildman–Crippen LogP) is 3.49. The molecule has 0 unspecified atom stereocenters. The van der Waals surface area contributed by atoms with Crippen LogP contribution in [-0.2, 0) is 14.2 Å². The predicted molar refractivity (Wildman–Crippen MR) is 167 cm³/mol. The van der Waals surface area contributed by atoms with E-state index in [-0.39, 0.29) is 29.3 Å². The number of ether oxygens (including phenoxy) is 4. The largest absolute Gasteiger partial charge is 0.494 e. The molecule has 1 spiro atoms. The Morgan fingerprint density at radius 1 is 1.02 bits per heavy atom. The summed E-state index contributed by atoms with van der Waals surface area (Å²) in [5.74, 6) is -0.414. The number of benzene rings is 2. The van der Waals surface area contributed by atoms with Gasteiger partial charge in [-0.3, -0.25) is 14.3 Å². The van der Waals surface area contributed by atoms with Crippen molar-refractivity contribution < 1.29 is 28.5 Å². The summed E-state index contributed by atoms with van der Waals surface area (Å²) in [6.07, 6.45) is 5.03. The van der Waals surface area contributed by atoms with Crippen molar-refractivity contribution in [3.8, 4) is 17.0 Å². The molecule has 2 aliphatic heterocycles. The summed E-state index contributed by atoms with van der Waals surface area (Å²) in [7, 11) is 1.57. The van der Waals surface area contributed by atoms with Crippen LogP contribution < -0.4 is 21.1 Å². The van der Waals surface area contributed by atoms with E-state index in [1.54, 1.807) is 36.3 Å². The number of aromatic nitrogens is 4. The van der Waals surface area contributed by atoms with Crippen molar-refractivity contribution >= 4 is 35.0 Å². The molecule has 2 amide bonds. The van der Waals surface area contributed by atoms with Gasteiger partial charge < -0.3 is 40.2 Å². The van der Waals surface area contributed by atoms with Crippen molar-refractivity contribution in [1.82, 2.24) is 24.6 Å². The minimum absolute atomic E-state index is 0.00239. The van der Waals surface area contributed by atoms with Gasteiger partial charge in [-0.15, -0.1) is 0 Å². The maximum atomic E-state index is 12.8. The Bertz CT molecular complexity index is 1750. The normalized spacial score (nSPS) is 18.6. The fourth-order valence-corrected chi connectivity index (χ4v) is 5.98. The van der Waals surface area contributed by atoms with E-state index in [4.69, 9.17) is 29.8 Å². The van der Waals surface area contributed by atoms with Crippen LogP contribution in [0.15, 0.2) is 60.9 Å². The third-order valence-corrected chi connectivity index (χ3v) is 8.47. The van der Waals surface area contributed by atoms with E-state index in [2.05, 4.69) is 20.6 Å². The number of carbonyl (C=O) groups is 2. The second kappa shape index (κ2) is 12.4. The SMILES string of the molecule is COc1c(Nc2nc(Nc3ccc(C(=O)N4CCOCC4)cc3)ncc2C(N)=O)cccc1-c1ccn([C@@H]2CCC23OCCO3)n1. The van der Waals surface area contributed by atoms with E-state index < -0.39 is 11.7 Å². The molecule has 4 N–H and O–H groups in total. The number of methoxy groups -OCH3 is 1. The maximum absolute atomic E-state index is 12.8. The molecule has 2 aromatic heterocycles. The fraction of sp³-hybridized carbons (Fsp3) is 0.344. The standard InChI is InChI=1S/C32H34N8O6/c1-43-27-22(24-10-12-40(38-24)26-9-11-32(26)45-17-18-46-32)3-2-4-25(27)36-29-23(28(33)41)19-34-31(37-29)35-21-7-5-20(6-8-21)30(42)39-13-15-44-16-14-39/h2-8,10,12,19,26H,9,11,13-18H2,1H3,(H2,33,41)(H2,34,35,36,37)/t26-/m1/s1. The first-order valence-corrected chi connectivity index (χ1v) is 15.1. The van der Waals surface area contributed by atoms with Crippen LogP contribution in [0, 0.1) is 0 Å². The number of carbonyl (C=O) groups excluding carboxylic acids is 2. The van der Waals surface area contributed by atoms with Gasteiger partial charge in [-0.2, -0.15) is 10.1 Å². The molecule has 1 atom stereocenters. The lowest BCUT2D eigenvalue weighted by Gasteiger charge is -2.44. The van der Waals surface area contributed by atoms with Gasteiger partial charge in [0.2, 0.25) is 5.95 Å². The highest BCUT2D eigenvalue weighted by Gasteiger charge is 2.53. The molecular weight excluding hydrogens is 592 g/mol. The van der Waals surface area contributed by atoms with Gasteiger partial charge in [-0.05, 0) is 48.9 Å². The minimum atomic E-state index is -0.695. The highest BCUT2D eigenvalue weighted by Crippen LogP contribution is 2.48. The molecular formula is C32H34N8O6. The molecule has 4 heterocycles. The maximum Gasteiger partial charge on any atom is 0.254 e. The minimum Gasteiger partial charge on any atom is -0.494 e. The second-order valence-corrected chi connectivity index (χ2v) is 11.2. The molecule has 3 aliphatic rings. The first-order chi connectivity index (χ1) is 22.4. The van der Waals surface area contributed by atoms with Gasteiger partial charge in [0.15, 0.2) is 11.5 Å². The first kappa shape index (κ1) is 29.6. The number of nitrogens with two attached hydrogens (primary N) is 1. The summed E-state index contributed by atoms with van der Waals surface area (Å²) in [6, 6.07) is 14.5. The summed E-state index contributed by atoms with van der Waals surface area (Å²) in [5, 5.41) is 11.2. The smallest absolute Gasteiger partial charge is 0.254 e. The van der Waals surface area contributed by atoms with Crippen molar-refractivity contribution in [3.05, 3.63) is 72.1 Å². The number of amides is 2. The van der Waals surface area contributed by atoms with Crippen molar-refractivity contribution in [3.63, 3.8) is 0 Å². The molecule has 2 saturated heterocycles. The number of hydrogen-bond donors (Lipinski definition) is 3. The monoisotopic (exact) mass is 626 g/mol. The Hall–Kier alpha value is -5.05. The van der Waals surface area contributed by atoms with Crippen LogP contribution in [0.2, 0.25) is 0 Å². The van der Waals surface area contributed by atoms with Crippen LogP contribution in [0.1, 0.15) is 39.6 Å². The number of nitrogens with zero attached hydrogens (tertiary/aromatic N) is 5. The highest BCUT2D eigenvalue weighted by molar-refractivity contribution is 5.98. The Balaban J connectivity index is 1.11.